The van der Waals surface area contributed by atoms with E-state index in [0.717, 1.165) is 0 Å². The maximum atomic E-state index is 9.36. The summed E-state index contributed by atoms with van der Waals surface area (Å²) in [5, 5.41) is 27.5. The molecule has 0 aliphatic rings. The van der Waals surface area contributed by atoms with Gasteiger partial charge in [-0.15, -0.1) is 0 Å². The normalized spacial score (nSPS) is 11.8. The van der Waals surface area contributed by atoms with Crippen molar-refractivity contribution in [1.29, 1.82) is 5.26 Å². The minimum absolute atomic E-state index is 0.0994. The van der Waals surface area contributed by atoms with E-state index in [1.54, 1.807) is 0 Å². The lowest BCUT2D eigenvalue weighted by Gasteiger charge is -2.11. The third-order valence-electron chi connectivity index (χ3n) is 1.95. The summed E-state index contributed by atoms with van der Waals surface area (Å²) in [6.07, 6.45) is -0.801. The lowest BCUT2D eigenvalue weighted by molar-refractivity contribution is 0.148. The molecule has 1 atom stereocenters. The summed E-state index contributed by atoms with van der Waals surface area (Å²) in [6.45, 7) is 0. The number of benzene rings is 1. The van der Waals surface area contributed by atoms with E-state index in [2.05, 4.69) is 0 Å². The Hall–Kier alpha value is -1.93. The van der Waals surface area contributed by atoms with Crippen LogP contribution in [0.2, 0.25) is 0 Å². The Morgan fingerprint density at radius 1 is 1.33 bits per heavy atom. The third kappa shape index (κ3) is 2.11. The number of ether oxygens (including phenoxy) is 2. The van der Waals surface area contributed by atoms with Crippen molar-refractivity contribution in [3.8, 4) is 23.3 Å². The van der Waals surface area contributed by atoms with Gasteiger partial charge in [-0.3, -0.25) is 0 Å². The molecule has 0 aliphatic carbocycles. The molecule has 5 nitrogen and oxygen atoms in total. The predicted molar refractivity (Wildman–Crippen MR) is 51.7 cm³/mol. The van der Waals surface area contributed by atoms with Crippen molar-refractivity contribution in [2.75, 3.05) is 14.2 Å². The van der Waals surface area contributed by atoms with E-state index in [4.69, 9.17) is 14.7 Å². The minimum atomic E-state index is -0.801. The Labute approximate surface area is 87.1 Å². The van der Waals surface area contributed by atoms with Gasteiger partial charge < -0.3 is 19.7 Å². The first kappa shape index (κ1) is 11.1. The van der Waals surface area contributed by atoms with E-state index in [1.807, 2.05) is 6.07 Å². The molecule has 0 aliphatic heterocycles. The molecule has 0 spiro atoms. The van der Waals surface area contributed by atoms with E-state index in [9.17, 15) is 10.2 Å². The maximum absolute atomic E-state index is 9.36. The van der Waals surface area contributed by atoms with Crippen molar-refractivity contribution in [3.05, 3.63) is 17.7 Å². The summed E-state index contributed by atoms with van der Waals surface area (Å²) in [5.41, 5.74) is 0.423. The fraction of sp³-hybridized carbons (Fsp3) is 0.300. The summed E-state index contributed by atoms with van der Waals surface area (Å²) in [6, 6.07) is 4.59. The smallest absolute Gasteiger partial charge is 0.200 e. The second-order valence-electron chi connectivity index (χ2n) is 2.84. The van der Waals surface area contributed by atoms with Crippen LogP contribution in [-0.2, 0) is 4.74 Å². The molecular formula is C10H11NO4. The summed E-state index contributed by atoms with van der Waals surface area (Å²) in [4.78, 5) is 0. The molecule has 1 aromatic rings. The van der Waals surface area contributed by atoms with Crippen LogP contribution in [-0.4, -0.2) is 24.4 Å². The van der Waals surface area contributed by atoms with E-state index in [0.29, 0.717) is 5.56 Å². The Balaban J connectivity index is 3.22. The summed E-state index contributed by atoms with van der Waals surface area (Å²) in [7, 11) is 2.73. The molecular weight excluding hydrogens is 198 g/mol. The summed E-state index contributed by atoms with van der Waals surface area (Å²) in [5.74, 6) is -0.599. The lowest BCUT2D eigenvalue weighted by Crippen LogP contribution is -1.98. The van der Waals surface area contributed by atoms with E-state index >= 15 is 0 Å². The number of nitriles is 1. The zero-order valence-electron chi connectivity index (χ0n) is 8.39. The molecule has 0 fully saturated rings. The molecule has 0 aromatic heterocycles. The third-order valence-corrected chi connectivity index (χ3v) is 1.95. The van der Waals surface area contributed by atoms with E-state index < -0.39 is 6.10 Å². The van der Waals surface area contributed by atoms with Gasteiger partial charge in [-0.05, 0) is 12.1 Å². The van der Waals surface area contributed by atoms with Gasteiger partial charge in [0.2, 0.25) is 5.75 Å². The highest BCUT2D eigenvalue weighted by Gasteiger charge is 2.15. The van der Waals surface area contributed by atoms with Crippen LogP contribution in [0.15, 0.2) is 12.1 Å². The van der Waals surface area contributed by atoms with Crippen molar-refractivity contribution < 1.29 is 19.7 Å². The molecule has 5 heteroatoms. The molecule has 1 unspecified atom stereocenters. The van der Waals surface area contributed by atoms with Gasteiger partial charge in [-0.25, -0.2) is 0 Å². The summed E-state index contributed by atoms with van der Waals surface area (Å²) >= 11 is 0. The van der Waals surface area contributed by atoms with Crippen molar-refractivity contribution >= 4 is 0 Å². The average molecular weight is 209 g/mol. The highest BCUT2D eigenvalue weighted by Crippen LogP contribution is 2.38. The average Bonchev–Trinajstić information content (AvgIpc) is 2.24. The second kappa shape index (κ2) is 4.53. The van der Waals surface area contributed by atoms with Gasteiger partial charge in [0.1, 0.15) is 0 Å². The van der Waals surface area contributed by atoms with Crippen LogP contribution >= 0.6 is 0 Å². The molecule has 0 saturated heterocycles. The molecule has 1 aromatic carbocycles. The van der Waals surface area contributed by atoms with Crippen LogP contribution in [0.25, 0.3) is 0 Å². The lowest BCUT2D eigenvalue weighted by atomic mass is 10.1. The number of hydrogen-bond acceptors (Lipinski definition) is 5. The van der Waals surface area contributed by atoms with Gasteiger partial charge in [0.15, 0.2) is 17.6 Å². The van der Waals surface area contributed by atoms with Gasteiger partial charge in [-0.1, -0.05) is 0 Å². The molecule has 80 valence electrons. The largest absolute Gasteiger partial charge is 0.504 e. The number of aromatic hydroxyl groups is 2. The molecule has 0 bridgehead atoms. The van der Waals surface area contributed by atoms with Crippen LogP contribution in [0, 0.1) is 11.3 Å². The number of methoxy groups -OCH3 is 2. The van der Waals surface area contributed by atoms with Crippen molar-refractivity contribution in [1.82, 2.24) is 0 Å². The molecule has 15 heavy (non-hydrogen) atoms. The number of phenols is 2. The monoisotopic (exact) mass is 209 g/mol. The Morgan fingerprint density at radius 3 is 2.47 bits per heavy atom. The molecule has 0 heterocycles. The molecule has 0 radical (unpaired) electrons. The van der Waals surface area contributed by atoms with Gasteiger partial charge in [0.05, 0.1) is 13.2 Å². The SMILES string of the molecule is COc1cc(C(C#N)OC)cc(O)c1O. The standard InChI is InChI=1S/C10H11NO4/c1-14-8-4-6(9(5-11)15-2)3-7(12)10(8)13/h3-4,9,12-13H,1-2H3. The van der Waals surface area contributed by atoms with Crippen LogP contribution in [0.1, 0.15) is 11.7 Å². The molecule has 2 N–H and O–H groups in total. The van der Waals surface area contributed by atoms with E-state index in [-0.39, 0.29) is 17.2 Å². The Bertz CT molecular complexity index is 397. The number of phenolic OH excluding ortho intramolecular Hbond substituents is 2. The first-order chi connectivity index (χ1) is 7.13. The highest BCUT2D eigenvalue weighted by atomic mass is 16.5. The second-order valence-corrected chi connectivity index (χ2v) is 2.84. The van der Waals surface area contributed by atoms with Crippen molar-refractivity contribution in [2.45, 2.75) is 6.10 Å². The van der Waals surface area contributed by atoms with Crippen molar-refractivity contribution in [2.24, 2.45) is 0 Å². The quantitative estimate of drug-likeness (QED) is 0.733. The van der Waals surface area contributed by atoms with Crippen LogP contribution < -0.4 is 4.74 Å². The molecule has 1 rings (SSSR count). The van der Waals surface area contributed by atoms with Crippen LogP contribution in [0.5, 0.6) is 17.2 Å². The number of hydrogen-bond donors (Lipinski definition) is 2. The van der Waals surface area contributed by atoms with Crippen LogP contribution in [0.3, 0.4) is 0 Å². The van der Waals surface area contributed by atoms with Gasteiger partial charge in [0.25, 0.3) is 0 Å². The zero-order chi connectivity index (χ0) is 11.4. The molecule has 0 saturated carbocycles. The zero-order valence-corrected chi connectivity index (χ0v) is 8.39. The van der Waals surface area contributed by atoms with Gasteiger partial charge >= 0.3 is 0 Å². The Morgan fingerprint density at radius 2 is 2.00 bits per heavy atom. The predicted octanol–water partition coefficient (Wildman–Crippen LogP) is 1.32. The number of rotatable bonds is 3. The fourth-order valence-electron chi connectivity index (χ4n) is 1.18. The number of nitrogens with zero attached hydrogens (tertiary/aromatic N) is 1. The maximum Gasteiger partial charge on any atom is 0.200 e. The first-order valence-electron chi connectivity index (χ1n) is 4.16. The van der Waals surface area contributed by atoms with Gasteiger partial charge in [-0.2, -0.15) is 5.26 Å². The highest BCUT2D eigenvalue weighted by molar-refractivity contribution is 5.52. The van der Waals surface area contributed by atoms with Crippen LogP contribution in [0.4, 0.5) is 0 Å². The first-order valence-corrected chi connectivity index (χ1v) is 4.16. The van der Waals surface area contributed by atoms with Gasteiger partial charge in [0, 0.05) is 12.7 Å². The fourth-order valence-corrected chi connectivity index (χ4v) is 1.18. The minimum Gasteiger partial charge on any atom is -0.504 e. The van der Waals surface area contributed by atoms with E-state index in [1.165, 1.54) is 26.4 Å². The summed E-state index contributed by atoms with van der Waals surface area (Å²) < 4.78 is 9.70. The van der Waals surface area contributed by atoms with Crippen molar-refractivity contribution in [3.63, 3.8) is 0 Å². The topological polar surface area (TPSA) is 82.7 Å². The Kier molecular flexibility index (Phi) is 3.37. The molecule has 0 amide bonds.